The van der Waals surface area contributed by atoms with Crippen LogP contribution in [0.25, 0.3) is 22.0 Å². The van der Waals surface area contributed by atoms with E-state index in [1.807, 2.05) is 13.0 Å². The fourth-order valence-corrected chi connectivity index (χ4v) is 2.76. The molecule has 4 N–H and O–H groups in total. The number of nitrogen functional groups attached to an aromatic ring is 2. The van der Waals surface area contributed by atoms with Crippen molar-refractivity contribution >= 4 is 22.5 Å². The van der Waals surface area contributed by atoms with E-state index in [2.05, 4.69) is 9.97 Å². The lowest BCUT2D eigenvalue weighted by Gasteiger charge is -2.16. The van der Waals surface area contributed by atoms with Crippen molar-refractivity contribution in [2.45, 2.75) is 19.8 Å². The lowest BCUT2D eigenvalue weighted by Crippen LogP contribution is -2.07. The molecule has 0 radical (unpaired) electrons. The molecule has 1 heterocycles. The Morgan fingerprint density at radius 2 is 1.92 bits per heavy atom. The predicted molar refractivity (Wildman–Crippen MR) is 98.9 cm³/mol. The van der Waals surface area contributed by atoms with Crippen molar-refractivity contribution in [3.8, 4) is 23.1 Å². The molecule has 132 valence electrons. The van der Waals surface area contributed by atoms with Gasteiger partial charge in [0.05, 0.1) is 12.3 Å². The smallest absolute Gasteiger partial charge is 0.222 e. The van der Waals surface area contributed by atoms with Crippen LogP contribution in [-0.4, -0.2) is 16.6 Å². The van der Waals surface area contributed by atoms with E-state index in [0.29, 0.717) is 28.7 Å². The van der Waals surface area contributed by atoms with Gasteiger partial charge in [0.25, 0.3) is 0 Å². The zero-order chi connectivity index (χ0) is 18.7. The van der Waals surface area contributed by atoms with E-state index in [1.54, 1.807) is 24.3 Å². The summed E-state index contributed by atoms with van der Waals surface area (Å²) in [4.78, 5) is 7.94. The molecule has 0 aliphatic rings. The Bertz CT molecular complexity index is 1010. The summed E-state index contributed by atoms with van der Waals surface area (Å²) in [6.07, 6.45) is 1.79. The molecule has 0 aliphatic carbocycles. The number of rotatable bonds is 5. The van der Waals surface area contributed by atoms with Gasteiger partial charge in [0, 0.05) is 16.3 Å². The number of hydrogen-bond acceptors (Lipinski definition) is 6. The van der Waals surface area contributed by atoms with Crippen LogP contribution in [0.1, 0.15) is 25.3 Å². The fraction of sp³-hybridized carbons (Fsp3) is 0.211. The lowest BCUT2D eigenvalue weighted by atomic mass is 10.00. The van der Waals surface area contributed by atoms with Crippen molar-refractivity contribution in [1.82, 2.24) is 9.97 Å². The molecule has 0 bridgehead atoms. The number of aromatic nitrogens is 2. The van der Waals surface area contributed by atoms with E-state index < -0.39 is 5.82 Å². The number of ether oxygens (including phenoxy) is 1. The quantitative estimate of drug-likeness (QED) is 0.679. The van der Waals surface area contributed by atoms with Gasteiger partial charge in [-0.3, -0.25) is 0 Å². The van der Waals surface area contributed by atoms with E-state index in [1.165, 1.54) is 6.07 Å². The molecule has 0 aliphatic heterocycles. The largest absolute Gasteiger partial charge is 0.492 e. The first-order valence-corrected chi connectivity index (χ1v) is 8.24. The molecule has 26 heavy (non-hydrogen) atoms. The molecule has 2 aromatic carbocycles. The van der Waals surface area contributed by atoms with Gasteiger partial charge >= 0.3 is 0 Å². The van der Waals surface area contributed by atoms with Crippen LogP contribution in [0.2, 0.25) is 0 Å². The Labute approximate surface area is 150 Å². The summed E-state index contributed by atoms with van der Waals surface area (Å²) in [5, 5.41) is 10.5. The van der Waals surface area contributed by atoms with Gasteiger partial charge in [-0.1, -0.05) is 37.6 Å². The first kappa shape index (κ1) is 17.4. The van der Waals surface area contributed by atoms with Crippen molar-refractivity contribution in [3.63, 3.8) is 0 Å². The van der Waals surface area contributed by atoms with Crippen molar-refractivity contribution < 1.29 is 9.13 Å². The van der Waals surface area contributed by atoms with Crippen LogP contribution in [-0.2, 0) is 0 Å². The van der Waals surface area contributed by atoms with Crippen LogP contribution in [0.15, 0.2) is 30.3 Å². The normalized spacial score (nSPS) is 10.7. The number of nitrogens with two attached hydrogens (primary N) is 2. The third-order valence-electron chi connectivity index (χ3n) is 4.01. The SMILES string of the molecule is CCCCOc1c(-c2nc(N)nc(N)c2C#N)cc(F)c2ccccc12. The molecule has 0 amide bonds. The Morgan fingerprint density at radius 3 is 2.62 bits per heavy atom. The van der Waals surface area contributed by atoms with Crippen molar-refractivity contribution in [2.24, 2.45) is 0 Å². The van der Waals surface area contributed by atoms with Crippen molar-refractivity contribution in [2.75, 3.05) is 18.1 Å². The summed E-state index contributed by atoms with van der Waals surface area (Å²) in [7, 11) is 0. The molecule has 0 saturated heterocycles. The third-order valence-corrected chi connectivity index (χ3v) is 4.01. The van der Waals surface area contributed by atoms with Crippen molar-refractivity contribution in [3.05, 3.63) is 41.7 Å². The van der Waals surface area contributed by atoms with E-state index in [4.69, 9.17) is 16.2 Å². The molecular weight excluding hydrogens is 333 g/mol. The maximum atomic E-state index is 14.7. The van der Waals surface area contributed by atoms with Gasteiger partial charge in [-0.25, -0.2) is 9.37 Å². The van der Waals surface area contributed by atoms with Crippen LogP contribution < -0.4 is 16.2 Å². The molecule has 6 nitrogen and oxygen atoms in total. The van der Waals surface area contributed by atoms with E-state index in [9.17, 15) is 9.65 Å². The van der Waals surface area contributed by atoms with Gasteiger partial charge in [-0.2, -0.15) is 10.2 Å². The molecule has 7 heteroatoms. The van der Waals surface area contributed by atoms with E-state index in [0.717, 1.165) is 12.8 Å². The second kappa shape index (κ2) is 7.23. The minimum Gasteiger partial charge on any atom is -0.492 e. The predicted octanol–water partition coefficient (Wildman–Crippen LogP) is 3.65. The molecular formula is C19H18FN5O. The van der Waals surface area contributed by atoms with Crippen LogP contribution in [0.5, 0.6) is 5.75 Å². The van der Waals surface area contributed by atoms with Gasteiger partial charge in [-0.05, 0) is 12.5 Å². The number of nitriles is 1. The lowest BCUT2D eigenvalue weighted by molar-refractivity contribution is 0.314. The van der Waals surface area contributed by atoms with E-state index >= 15 is 0 Å². The minimum absolute atomic E-state index is 0.0363. The van der Waals surface area contributed by atoms with Crippen LogP contribution >= 0.6 is 0 Å². The highest BCUT2D eigenvalue weighted by Crippen LogP contribution is 2.40. The Balaban J connectivity index is 2.32. The second-order valence-corrected chi connectivity index (χ2v) is 5.79. The van der Waals surface area contributed by atoms with Gasteiger partial charge < -0.3 is 16.2 Å². The fourth-order valence-electron chi connectivity index (χ4n) is 2.76. The first-order valence-electron chi connectivity index (χ1n) is 8.24. The van der Waals surface area contributed by atoms with Crippen LogP contribution in [0.4, 0.5) is 16.2 Å². The molecule has 0 atom stereocenters. The van der Waals surface area contributed by atoms with Crippen LogP contribution in [0, 0.1) is 17.1 Å². The van der Waals surface area contributed by atoms with Gasteiger partial charge in [0.15, 0.2) is 0 Å². The Morgan fingerprint density at radius 1 is 1.19 bits per heavy atom. The highest BCUT2D eigenvalue weighted by atomic mass is 19.1. The third kappa shape index (κ3) is 3.09. The summed E-state index contributed by atoms with van der Waals surface area (Å²) in [6, 6.07) is 10.3. The van der Waals surface area contributed by atoms with Gasteiger partial charge in [0.1, 0.15) is 29.0 Å². The summed E-state index contributed by atoms with van der Waals surface area (Å²) in [5.74, 6) is -0.143. The number of unbranched alkanes of at least 4 members (excludes halogenated alkanes) is 1. The van der Waals surface area contributed by atoms with Gasteiger partial charge in [-0.15, -0.1) is 0 Å². The van der Waals surface area contributed by atoms with Crippen LogP contribution in [0.3, 0.4) is 0 Å². The number of fused-ring (bicyclic) bond motifs is 1. The second-order valence-electron chi connectivity index (χ2n) is 5.79. The standard InChI is InChI=1S/C19H18FN5O/c1-2-3-8-26-17-12-7-5-4-6-11(12)15(20)9-13(17)16-14(10-21)18(22)25-19(23)24-16/h4-7,9H,2-3,8H2,1H3,(H4,22,23,24,25). The van der Waals surface area contributed by atoms with Crippen molar-refractivity contribution in [1.29, 1.82) is 5.26 Å². The number of nitrogens with zero attached hydrogens (tertiary/aromatic N) is 3. The monoisotopic (exact) mass is 351 g/mol. The topological polar surface area (TPSA) is 111 Å². The average Bonchev–Trinajstić information content (AvgIpc) is 2.63. The summed E-state index contributed by atoms with van der Waals surface area (Å²) in [6.45, 7) is 2.50. The highest BCUT2D eigenvalue weighted by molar-refractivity contribution is 5.96. The molecule has 0 spiro atoms. The minimum atomic E-state index is -0.446. The van der Waals surface area contributed by atoms with Gasteiger partial charge in [0.2, 0.25) is 5.95 Å². The molecule has 3 rings (SSSR count). The number of anilines is 2. The average molecular weight is 351 g/mol. The molecule has 3 aromatic rings. The number of halogens is 1. The highest BCUT2D eigenvalue weighted by Gasteiger charge is 2.21. The molecule has 0 unspecified atom stereocenters. The summed E-state index contributed by atoms with van der Waals surface area (Å²) < 4.78 is 20.7. The summed E-state index contributed by atoms with van der Waals surface area (Å²) in [5.41, 5.74) is 12.0. The zero-order valence-corrected chi connectivity index (χ0v) is 14.3. The first-order chi connectivity index (χ1) is 12.6. The maximum absolute atomic E-state index is 14.7. The molecule has 1 aromatic heterocycles. The Hall–Kier alpha value is -3.40. The summed E-state index contributed by atoms with van der Waals surface area (Å²) >= 11 is 0. The maximum Gasteiger partial charge on any atom is 0.222 e. The van der Waals surface area contributed by atoms with E-state index in [-0.39, 0.29) is 23.0 Å². The zero-order valence-electron chi connectivity index (χ0n) is 14.3. The Kier molecular flexibility index (Phi) is 4.85. The molecule has 0 fully saturated rings. The molecule has 0 saturated carbocycles. The number of hydrogen-bond donors (Lipinski definition) is 2. The number of benzene rings is 2.